The van der Waals surface area contributed by atoms with Crippen molar-refractivity contribution >= 4 is 39.3 Å². The third-order valence-corrected chi connectivity index (χ3v) is 5.51. The Morgan fingerprint density at radius 3 is 2.13 bits per heavy atom. The molecule has 1 heterocycles. The molecule has 5 rings (SSSR count). The normalized spacial score (nSPS) is 14.7. The number of benzene rings is 4. The molecule has 0 saturated carbocycles. The van der Waals surface area contributed by atoms with Crippen LogP contribution >= 0.6 is 0 Å². The Balaban J connectivity index is 1.69. The van der Waals surface area contributed by atoms with Crippen LogP contribution in [-0.4, -0.2) is 20.2 Å². The zero-order valence-corrected chi connectivity index (χ0v) is 17.2. The molecule has 0 bridgehead atoms. The number of hydrogen-bond donors (Lipinski definition) is 0. The first-order valence-electron chi connectivity index (χ1n) is 9.96. The molecule has 0 N–H and O–H groups in total. The van der Waals surface area contributed by atoms with Crippen molar-refractivity contribution in [3.63, 3.8) is 0 Å². The van der Waals surface area contributed by atoms with Gasteiger partial charge in [-0.1, -0.05) is 48.5 Å². The first kappa shape index (κ1) is 18.9. The molecule has 0 spiro atoms. The van der Waals surface area contributed by atoms with Gasteiger partial charge in [-0.25, -0.2) is 4.79 Å². The Labute approximate surface area is 180 Å². The van der Waals surface area contributed by atoms with Gasteiger partial charge in [0.15, 0.2) is 0 Å². The highest BCUT2D eigenvalue weighted by Crippen LogP contribution is 2.37. The summed E-state index contributed by atoms with van der Waals surface area (Å²) in [5.74, 6) is 1.32. The topological polar surface area (TPSA) is 44.8 Å². The van der Waals surface area contributed by atoms with Gasteiger partial charge < -0.3 is 14.2 Å². The average Bonchev–Trinajstić information content (AvgIpc) is 3.18. The van der Waals surface area contributed by atoms with E-state index in [4.69, 9.17) is 14.2 Å². The lowest BCUT2D eigenvalue weighted by molar-refractivity contribution is -0.130. The van der Waals surface area contributed by atoms with Crippen LogP contribution < -0.4 is 9.47 Å². The monoisotopic (exact) mass is 408 g/mol. The number of carbonyl (C=O) groups is 1. The molecule has 4 aromatic rings. The van der Waals surface area contributed by atoms with Gasteiger partial charge in [0.05, 0.1) is 25.4 Å². The molecule has 0 aliphatic carbocycles. The maximum Gasteiger partial charge on any atom is 0.343 e. The summed E-state index contributed by atoms with van der Waals surface area (Å²) in [5, 5.41) is 4.42. The third-order valence-electron chi connectivity index (χ3n) is 5.51. The Morgan fingerprint density at radius 1 is 0.806 bits per heavy atom. The van der Waals surface area contributed by atoms with Crippen molar-refractivity contribution in [1.29, 1.82) is 0 Å². The maximum atomic E-state index is 12.8. The first-order valence-corrected chi connectivity index (χ1v) is 9.96. The van der Waals surface area contributed by atoms with E-state index in [0.29, 0.717) is 28.4 Å². The predicted molar refractivity (Wildman–Crippen MR) is 123 cm³/mol. The molecule has 0 atom stereocenters. The fraction of sp³-hybridized carbons (Fsp3) is 0.0741. The number of cyclic esters (lactones) is 1. The molecule has 31 heavy (non-hydrogen) atoms. The molecule has 4 aromatic carbocycles. The Kier molecular flexibility index (Phi) is 4.68. The van der Waals surface area contributed by atoms with Crippen LogP contribution in [0.1, 0.15) is 11.1 Å². The van der Waals surface area contributed by atoms with Crippen molar-refractivity contribution in [3.8, 4) is 11.5 Å². The summed E-state index contributed by atoms with van der Waals surface area (Å²) in [7, 11) is 3.18. The summed E-state index contributed by atoms with van der Waals surface area (Å²) in [6.07, 6.45) is 3.67. The quantitative estimate of drug-likeness (QED) is 0.236. The van der Waals surface area contributed by atoms with Crippen LogP contribution in [0.4, 0.5) is 0 Å². The second-order valence-corrected chi connectivity index (χ2v) is 7.30. The fourth-order valence-electron chi connectivity index (χ4n) is 3.99. The smallest absolute Gasteiger partial charge is 0.343 e. The van der Waals surface area contributed by atoms with Crippen molar-refractivity contribution in [2.45, 2.75) is 0 Å². The number of ether oxygens (including phenoxy) is 3. The third kappa shape index (κ3) is 3.32. The van der Waals surface area contributed by atoms with Gasteiger partial charge in [-0.15, -0.1) is 0 Å². The van der Waals surface area contributed by atoms with Crippen molar-refractivity contribution in [2.75, 3.05) is 14.2 Å². The Hall–Kier alpha value is -4.05. The molecule has 4 heteroatoms. The average molecular weight is 408 g/mol. The lowest BCUT2D eigenvalue weighted by Crippen LogP contribution is -1.99. The van der Waals surface area contributed by atoms with Gasteiger partial charge >= 0.3 is 5.97 Å². The Morgan fingerprint density at radius 2 is 1.48 bits per heavy atom. The highest BCUT2D eigenvalue weighted by atomic mass is 16.5. The molecule has 0 saturated heterocycles. The number of hydrogen-bond acceptors (Lipinski definition) is 4. The molecule has 0 unspecified atom stereocenters. The fourth-order valence-corrected chi connectivity index (χ4v) is 3.99. The van der Waals surface area contributed by atoms with E-state index in [1.54, 1.807) is 38.5 Å². The zero-order chi connectivity index (χ0) is 21.4. The minimum Gasteiger partial charge on any atom is -0.497 e. The van der Waals surface area contributed by atoms with E-state index in [1.165, 1.54) is 0 Å². The standard InChI is InChI=1S/C27H20O4/c1-29-20-11-12-25(30-2)24(16-20)26-15-19(27(28)31-26)14-23-21-9-5-3-7-17(21)13-18-8-4-6-10-22(18)23/h3-16H,1-2H3. The van der Waals surface area contributed by atoms with E-state index < -0.39 is 5.97 Å². The molecule has 0 amide bonds. The number of esters is 1. The van der Waals surface area contributed by atoms with Crippen LogP contribution in [-0.2, 0) is 9.53 Å². The van der Waals surface area contributed by atoms with Gasteiger partial charge in [0, 0.05) is 0 Å². The second kappa shape index (κ2) is 7.65. The van der Waals surface area contributed by atoms with Gasteiger partial charge in [0.1, 0.15) is 17.3 Å². The number of methoxy groups -OCH3 is 2. The lowest BCUT2D eigenvalue weighted by Gasteiger charge is -2.10. The SMILES string of the molecule is COc1ccc(OC)c(C2=CC(=Cc3c4ccccc4cc4ccccc34)C(=O)O2)c1. The van der Waals surface area contributed by atoms with Gasteiger partial charge in [-0.3, -0.25) is 0 Å². The minimum absolute atomic E-state index is 0.392. The van der Waals surface area contributed by atoms with Crippen molar-refractivity contribution in [1.82, 2.24) is 0 Å². The molecule has 152 valence electrons. The van der Waals surface area contributed by atoms with Crippen LogP contribution in [0.15, 0.2) is 84.4 Å². The van der Waals surface area contributed by atoms with Crippen molar-refractivity contribution < 1.29 is 19.0 Å². The number of rotatable bonds is 4. The molecule has 0 fully saturated rings. The Bertz CT molecular complexity index is 1340. The maximum absolute atomic E-state index is 12.8. The first-order chi connectivity index (χ1) is 15.2. The van der Waals surface area contributed by atoms with Crippen LogP contribution in [0, 0.1) is 0 Å². The summed E-state index contributed by atoms with van der Waals surface area (Å²) < 4.78 is 16.4. The van der Waals surface area contributed by atoms with Gasteiger partial charge in [0.2, 0.25) is 0 Å². The molecule has 1 aliphatic rings. The van der Waals surface area contributed by atoms with E-state index in [1.807, 2.05) is 30.3 Å². The van der Waals surface area contributed by atoms with Crippen LogP contribution in [0.2, 0.25) is 0 Å². The van der Waals surface area contributed by atoms with Crippen LogP contribution in [0.3, 0.4) is 0 Å². The molecule has 0 aromatic heterocycles. The molecular formula is C27H20O4. The van der Waals surface area contributed by atoms with E-state index in [-0.39, 0.29) is 0 Å². The summed E-state index contributed by atoms with van der Waals surface area (Å²) >= 11 is 0. The number of fused-ring (bicyclic) bond motifs is 2. The summed E-state index contributed by atoms with van der Waals surface area (Å²) in [6, 6.07) is 23.9. The van der Waals surface area contributed by atoms with Crippen LogP contribution in [0.5, 0.6) is 11.5 Å². The molecular weight excluding hydrogens is 388 g/mol. The van der Waals surface area contributed by atoms with Crippen LogP contribution in [0.25, 0.3) is 33.4 Å². The largest absolute Gasteiger partial charge is 0.497 e. The van der Waals surface area contributed by atoms with Crippen molar-refractivity contribution in [3.05, 3.63) is 95.6 Å². The van der Waals surface area contributed by atoms with E-state index >= 15 is 0 Å². The summed E-state index contributed by atoms with van der Waals surface area (Å²) in [4.78, 5) is 12.8. The number of carbonyl (C=O) groups excluding carboxylic acids is 1. The van der Waals surface area contributed by atoms with E-state index in [0.717, 1.165) is 27.1 Å². The second-order valence-electron chi connectivity index (χ2n) is 7.30. The van der Waals surface area contributed by atoms with E-state index in [2.05, 4.69) is 30.3 Å². The lowest BCUT2D eigenvalue weighted by atomic mass is 9.95. The molecule has 1 aliphatic heterocycles. The minimum atomic E-state index is -0.392. The molecule has 4 nitrogen and oxygen atoms in total. The van der Waals surface area contributed by atoms with Gasteiger partial charge in [0.25, 0.3) is 0 Å². The van der Waals surface area contributed by atoms with Gasteiger partial charge in [-0.05, 0) is 63.5 Å². The summed E-state index contributed by atoms with van der Waals surface area (Å²) in [5.41, 5.74) is 2.15. The summed E-state index contributed by atoms with van der Waals surface area (Å²) in [6.45, 7) is 0. The highest BCUT2D eigenvalue weighted by Gasteiger charge is 2.25. The van der Waals surface area contributed by atoms with E-state index in [9.17, 15) is 4.79 Å². The predicted octanol–water partition coefficient (Wildman–Crippen LogP) is 5.99. The highest BCUT2D eigenvalue weighted by molar-refractivity contribution is 6.12. The zero-order valence-electron chi connectivity index (χ0n) is 17.2. The van der Waals surface area contributed by atoms with Gasteiger partial charge in [-0.2, -0.15) is 0 Å². The van der Waals surface area contributed by atoms with Crippen molar-refractivity contribution in [2.24, 2.45) is 0 Å². The molecule has 0 radical (unpaired) electrons.